The zero-order valence-corrected chi connectivity index (χ0v) is 19.0. The monoisotopic (exact) mass is 445 g/mol. The van der Waals surface area contributed by atoms with Crippen molar-refractivity contribution >= 4 is 21.6 Å². The van der Waals surface area contributed by atoms with Crippen molar-refractivity contribution < 1.29 is 17.9 Å². The number of aryl methyl sites for hydroxylation is 1. The van der Waals surface area contributed by atoms with E-state index < -0.39 is 10.0 Å². The molecule has 1 aliphatic rings. The molecule has 7 nitrogen and oxygen atoms in total. The highest BCUT2D eigenvalue weighted by molar-refractivity contribution is 7.89. The van der Waals surface area contributed by atoms with Crippen LogP contribution < -0.4 is 14.8 Å². The molecular weight excluding hydrogens is 414 g/mol. The summed E-state index contributed by atoms with van der Waals surface area (Å²) in [5.41, 5.74) is 1.69. The van der Waals surface area contributed by atoms with E-state index in [1.807, 2.05) is 31.2 Å². The molecule has 0 radical (unpaired) electrons. The van der Waals surface area contributed by atoms with Gasteiger partial charge in [0.25, 0.3) is 0 Å². The highest BCUT2D eigenvalue weighted by Gasteiger charge is 2.23. The van der Waals surface area contributed by atoms with Crippen LogP contribution >= 0.6 is 0 Å². The maximum atomic E-state index is 12.5. The van der Waals surface area contributed by atoms with Crippen LogP contribution in [0.1, 0.15) is 24.8 Å². The molecule has 8 heteroatoms. The fourth-order valence-corrected chi connectivity index (χ4v) is 4.89. The van der Waals surface area contributed by atoms with Crippen LogP contribution in [0.2, 0.25) is 0 Å². The van der Waals surface area contributed by atoms with Gasteiger partial charge in [-0.05, 0) is 56.5 Å². The average molecular weight is 446 g/mol. The summed E-state index contributed by atoms with van der Waals surface area (Å²) in [5, 5.41) is 2.90. The summed E-state index contributed by atoms with van der Waals surface area (Å²) in [5.74, 6) is 0.799. The number of benzene rings is 2. The summed E-state index contributed by atoms with van der Waals surface area (Å²) in [6, 6.07) is 14.2. The zero-order valence-electron chi connectivity index (χ0n) is 18.1. The number of nitrogens with zero attached hydrogens (tertiary/aromatic N) is 1. The van der Waals surface area contributed by atoms with E-state index in [1.165, 1.54) is 0 Å². The molecule has 1 aliphatic heterocycles. The van der Waals surface area contributed by atoms with E-state index in [0.717, 1.165) is 31.5 Å². The van der Waals surface area contributed by atoms with E-state index in [2.05, 4.69) is 14.9 Å². The van der Waals surface area contributed by atoms with Crippen LogP contribution in [0, 0.1) is 12.8 Å². The molecule has 1 saturated heterocycles. The van der Waals surface area contributed by atoms with Crippen LogP contribution in [0.3, 0.4) is 0 Å². The van der Waals surface area contributed by atoms with E-state index in [0.29, 0.717) is 35.8 Å². The molecule has 2 aromatic carbocycles. The largest absolute Gasteiger partial charge is 0.495 e. The Hall–Kier alpha value is -2.42. The molecule has 0 spiro atoms. The third kappa shape index (κ3) is 6.78. The van der Waals surface area contributed by atoms with Gasteiger partial charge in [0.15, 0.2) is 0 Å². The molecule has 0 aromatic heterocycles. The number of amides is 1. The third-order valence-corrected chi connectivity index (χ3v) is 6.97. The summed E-state index contributed by atoms with van der Waals surface area (Å²) in [6.45, 7) is 4.67. The number of anilines is 1. The first-order valence-corrected chi connectivity index (χ1v) is 12.1. The number of hydrogen-bond acceptors (Lipinski definition) is 5. The molecule has 1 unspecified atom stereocenters. The Kier molecular flexibility index (Phi) is 8.06. The second kappa shape index (κ2) is 10.7. The lowest BCUT2D eigenvalue weighted by Crippen LogP contribution is -2.41. The molecule has 1 heterocycles. The Bertz CT molecular complexity index is 977. The van der Waals surface area contributed by atoms with Crippen LogP contribution in [-0.4, -0.2) is 52.5 Å². The normalized spacial score (nSPS) is 17.3. The number of sulfonamides is 1. The lowest BCUT2D eigenvalue weighted by atomic mass is 9.98. The summed E-state index contributed by atoms with van der Waals surface area (Å²) in [6.07, 6.45) is 2.34. The Morgan fingerprint density at radius 2 is 1.90 bits per heavy atom. The standard InChI is InChI=1S/C23H31N3O4S/c1-18-9-11-20(12-10-18)31(28,29)24-16-19-6-5-14-26(17-19)15-13-23(27)25-21-7-3-4-8-22(21)30-2/h3-4,7-12,19,24H,5-6,13-17H2,1-2H3,(H,25,27). The molecule has 2 aromatic rings. The summed E-state index contributed by atoms with van der Waals surface area (Å²) >= 11 is 0. The van der Waals surface area contributed by atoms with Crippen LogP contribution in [0.5, 0.6) is 5.75 Å². The fourth-order valence-electron chi connectivity index (χ4n) is 3.77. The van der Waals surface area contributed by atoms with Gasteiger partial charge >= 0.3 is 0 Å². The van der Waals surface area contributed by atoms with Crippen molar-refractivity contribution in [2.45, 2.75) is 31.1 Å². The minimum Gasteiger partial charge on any atom is -0.495 e. The number of para-hydroxylation sites is 2. The van der Waals surface area contributed by atoms with Gasteiger partial charge in [0, 0.05) is 26.1 Å². The van der Waals surface area contributed by atoms with Crippen molar-refractivity contribution in [2.75, 3.05) is 38.6 Å². The molecule has 1 fully saturated rings. The molecule has 0 aliphatic carbocycles. The van der Waals surface area contributed by atoms with Gasteiger partial charge < -0.3 is 15.0 Å². The first kappa shape index (κ1) is 23.2. The number of methoxy groups -OCH3 is 1. The van der Waals surface area contributed by atoms with Crippen molar-refractivity contribution in [1.29, 1.82) is 0 Å². The Balaban J connectivity index is 1.46. The summed E-state index contributed by atoms with van der Waals surface area (Å²) < 4.78 is 33.1. The van der Waals surface area contributed by atoms with Gasteiger partial charge in [-0.2, -0.15) is 0 Å². The maximum absolute atomic E-state index is 12.5. The Morgan fingerprint density at radius 1 is 1.16 bits per heavy atom. The van der Waals surface area contributed by atoms with Crippen molar-refractivity contribution in [1.82, 2.24) is 9.62 Å². The molecule has 0 bridgehead atoms. The van der Waals surface area contributed by atoms with E-state index in [1.54, 1.807) is 31.4 Å². The van der Waals surface area contributed by atoms with Gasteiger partial charge in [-0.25, -0.2) is 13.1 Å². The van der Waals surface area contributed by atoms with Crippen LogP contribution in [0.15, 0.2) is 53.4 Å². The van der Waals surface area contributed by atoms with E-state index in [4.69, 9.17) is 4.74 Å². The minimum absolute atomic E-state index is 0.0632. The lowest BCUT2D eigenvalue weighted by Gasteiger charge is -2.32. The molecule has 1 amide bonds. The van der Waals surface area contributed by atoms with E-state index in [9.17, 15) is 13.2 Å². The lowest BCUT2D eigenvalue weighted by molar-refractivity contribution is -0.116. The van der Waals surface area contributed by atoms with E-state index >= 15 is 0 Å². The van der Waals surface area contributed by atoms with Gasteiger partial charge in [0.2, 0.25) is 15.9 Å². The molecule has 168 valence electrons. The number of piperidine rings is 1. The third-order valence-electron chi connectivity index (χ3n) is 5.53. The van der Waals surface area contributed by atoms with Gasteiger partial charge in [-0.3, -0.25) is 4.79 Å². The van der Waals surface area contributed by atoms with Gasteiger partial charge in [-0.1, -0.05) is 29.8 Å². The molecular formula is C23H31N3O4S. The molecule has 3 rings (SSSR count). The number of nitrogens with one attached hydrogen (secondary N) is 2. The highest BCUT2D eigenvalue weighted by atomic mass is 32.2. The van der Waals surface area contributed by atoms with Crippen LogP contribution in [0.4, 0.5) is 5.69 Å². The van der Waals surface area contributed by atoms with E-state index in [-0.39, 0.29) is 11.8 Å². The number of carbonyl (C=O) groups excluding carboxylic acids is 1. The number of rotatable bonds is 9. The van der Waals surface area contributed by atoms with Crippen molar-refractivity contribution in [2.24, 2.45) is 5.92 Å². The average Bonchev–Trinajstić information content (AvgIpc) is 2.77. The molecule has 2 N–H and O–H groups in total. The second-order valence-electron chi connectivity index (χ2n) is 7.97. The van der Waals surface area contributed by atoms with Crippen molar-refractivity contribution in [3.8, 4) is 5.75 Å². The predicted octanol–water partition coefficient (Wildman–Crippen LogP) is 3.02. The highest BCUT2D eigenvalue weighted by Crippen LogP contribution is 2.23. The van der Waals surface area contributed by atoms with Gasteiger partial charge in [0.1, 0.15) is 5.75 Å². The predicted molar refractivity (Wildman–Crippen MR) is 122 cm³/mol. The summed E-state index contributed by atoms with van der Waals surface area (Å²) in [4.78, 5) is 14.9. The Labute approximate surface area is 184 Å². The summed E-state index contributed by atoms with van der Waals surface area (Å²) in [7, 11) is -1.93. The topological polar surface area (TPSA) is 87.7 Å². The Morgan fingerprint density at radius 3 is 2.65 bits per heavy atom. The SMILES string of the molecule is COc1ccccc1NC(=O)CCN1CCCC(CNS(=O)(=O)c2ccc(C)cc2)C1. The first-order valence-electron chi connectivity index (χ1n) is 10.6. The van der Waals surface area contributed by atoms with Crippen molar-refractivity contribution in [3.63, 3.8) is 0 Å². The number of likely N-dealkylation sites (tertiary alicyclic amines) is 1. The second-order valence-corrected chi connectivity index (χ2v) is 9.74. The quantitative estimate of drug-likeness (QED) is 0.620. The molecule has 1 atom stereocenters. The zero-order chi connectivity index (χ0) is 22.3. The maximum Gasteiger partial charge on any atom is 0.240 e. The van der Waals surface area contributed by atoms with Crippen LogP contribution in [-0.2, 0) is 14.8 Å². The number of carbonyl (C=O) groups is 1. The van der Waals surface area contributed by atoms with Gasteiger partial charge in [-0.15, -0.1) is 0 Å². The number of hydrogen-bond donors (Lipinski definition) is 2. The van der Waals surface area contributed by atoms with Crippen molar-refractivity contribution in [3.05, 3.63) is 54.1 Å². The smallest absolute Gasteiger partial charge is 0.240 e. The van der Waals surface area contributed by atoms with Crippen LogP contribution in [0.25, 0.3) is 0 Å². The number of ether oxygens (including phenoxy) is 1. The first-order chi connectivity index (χ1) is 14.9. The minimum atomic E-state index is -3.51. The molecule has 0 saturated carbocycles. The molecule has 31 heavy (non-hydrogen) atoms. The fraction of sp³-hybridized carbons (Fsp3) is 0.435. The van der Waals surface area contributed by atoms with Gasteiger partial charge in [0.05, 0.1) is 17.7 Å².